The first-order valence-electron chi connectivity index (χ1n) is 6.37. The van der Waals surface area contributed by atoms with Crippen molar-refractivity contribution in [1.82, 2.24) is 0 Å². The third kappa shape index (κ3) is 2.73. The molecule has 1 saturated carbocycles. The monoisotopic (exact) mass is 216 g/mol. The van der Waals surface area contributed by atoms with E-state index in [1.807, 2.05) is 0 Å². The number of rotatable bonds is 4. The Morgan fingerprint density at radius 2 is 1.81 bits per heavy atom. The molecule has 0 amide bonds. The molecule has 0 spiro atoms. The van der Waals surface area contributed by atoms with Crippen LogP contribution in [-0.2, 0) is 0 Å². The van der Waals surface area contributed by atoms with Crippen LogP contribution in [0.3, 0.4) is 0 Å². The molecule has 0 heterocycles. The lowest BCUT2D eigenvalue weighted by molar-refractivity contribution is -0.658. The van der Waals surface area contributed by atoms with E-state index >= 15 is 0 Å². The average molecular weight is 216 g/mol. The van der Waals surface area contributed by atoms with Crippen LogP contribution in [0.4, 0.5) is 5.69 Å². The molecule has 0 aliphatic heterocycles. The van der Waals surface area contributed by atoms with Gasteiger partial charge in [0.25, 0.3) is 0 Å². The minimum atomic E-state index is 0.390. The van der Waals surface area contributed by atoms with Crippen LogP contribution in [0.25, 0.3) is 0 Å². The second kappa shape index (κ2) is 5.31. The fourth-order valence-corrected chi connectivity index (χ4v) is 2.85. The topological polar surface area (TPSA) is 16.6 Å². The summed E-state index contributed by atoms with van der Waals surface area (Å²) in [6, 6.07) is 10.7. The van der Waals surface area contributed by atoms with Crippen LogP contribution >= 0.6 is 0 Å². The Kier molecular flexibility index (Phi) is 3.79. The summed E-state index contributed by atoms with van der Waals surface area (Å²) in [6.07, 6.45) is 10.0. The number of quaternary nitrogens is 1. The van der Waals surface area contributed by atoms with E-state index in [9.17, 15) is 0 Å². The van der Waals surface area contributed by atoms with Crippen LogP contribution in [0.5, 0.6) is 0 Å². The first-order valence-corrected chi connectivity index (χ1v) is 6.37. The zero-order valence-corrected chi connectivity index (χ0v) is 9.99. The van der Waals surface area contributed by atoms with E-state index in [4.69, 9.17) is 0 Å². The van der Waals surface area contributed by atoms with Crippen LogP contribution < -0.4 is 5.32 Å². The summed E-state index contributed by atoms with van der Waals surface area (Å²) in [4.78, 5) is 0. The highest BCUT2D eigenvalue weighted by atomic mass is 15.0. The van der Waals surface area contributed by atoms with Crippen LogP contribution in [-0.4, -0.2) is 5.54 Å². The van der Waals surface area contributed by atoms with Crippen molar-refractivity contribution in [1.29, 1.82) is 0 Å². The maximum absolute atomic E-state index is 3.92. The molecule has 2 N–H and O–H groups in total. The maximum Gasteiger partial charge on any atom is 0.129 e. The zero-order valence-electron chi connectivity index (χ0n) is 9.99. The van der Waals surface area contributed by atoms with Gasteiger partial charge in [0.15, 0.2) is 0 Å². The van der Waals surface area contributed by atoms with E-state index in [0.29, 0.717) is 5.54 Å². The van der Waals surface area contributed by atoms with Gasteiger partial charge in [0.2, 0.25) is 0 Å². The molecular formula is C15H22N+. The van der Waals surface area contributed by atoms with Gasteiger partial charge in [0, 0.05) is 19.3 Å². The van der Waals surface area contributed by atoms with Crippen molar-refractivity contribution in [2.24, 2.45) is 0 Å². The van der Waals surface area contributed by atoms with Crippen molar-refractivity contribution >= 4 is 5.69 Å². The Morgan fingerprint density at radius 3 is 2.44 bits per heavy atom. The van der Waals surface area contributed by atoms with Gasteiger partial charge in [-0.15, -0.1) is 6.58 Å². The van der Waals surface area contributed by atoms with Crippen LogP contribution in [0.2, 0.25) is 0 Å². The standard InChI is InChI=1S/C15H21N/c1-2-11-15(12-7-4-8-13-15)16-14-9-5-3-6-10-14/h2-3,5-6,9-10,16H,1,4,7-8,11-13H2/p+1. The molecule has 0 atom stereocenters. The van der Waals surface area contributed by atoms with Crippen molar-refractivity contribution < 1.29 is 5.32 Å². The minimum Gasteiger partial charge on any atom is -0.309 e. The average Bonchev–Trinajstić information content (AvgIpc) is 2.31. The fraction of sp³-hybridized carbons (Fsp3) is 0.467. The Balaban J connectivity index is 2.10. The second-order valence-electron chi connectivity index (χ2n) is 4.97. The zero-order chi connectivity index (χ0) is 11.3. The molecule has 86 valence electrons. The van der Waals surface area contributed by atoms with Gasteiger partial charge in [-0.3, -0.25) is 0 Å². The molecule has 16 heavy (non-hydrogen) atoms. The lowest BCUT2D eigenvalue weighted by atomic mass is 9.79. The van der Waals surface area contributed by atoms with Gasteiger partial charge in [0.1, 0.15) is 11.2 Å². The van der Waals surface area contributed by atoms with E-state index < -0.39 is 0 Å². The summed E-state index contributed by atoms with van der Waals surface area (Å²) < 4.78 is 0. The smallest absolute Gasteiger partial charge is 0.129 e. The normalized spacial score (nSPS) is 19.2. The van der Waals surface area contributed by atoms with Crippen LogP contribution in [0.1, 0.15) is 38.5 Å². The van der Waals surface area contributed by atoms with Crippen LogP contribution in [0.15, 0.2) is 43.0 Å². The first kappa shape index (κ1) is 11.4. The van der Waals surface area contributed by atoms with E-state index in [0.717, 1.165) is 6.42 Å². The van der Waals surface area contributed by atoms with Crippen molar-refractivity contribution in [2.75, 3.05) is 0 Å². The summed E-state index contributed by atoms with van der Waals surface area (Å²) >= 11 is 0. The summed E-state index contributed by atoms with van der Waals surface area (Å²) in [7, 11) is 0. The first-order chi connectivity index (χ1) is 7.85. The Morgan fingerprint density at radius 1 is 1.12 bits per heavy atom. The molecule has 0 unspecified atom stereocenters. The second-order valence-corrected chi connectivity index (χ2v) is 4.97. The highest BCUT2D eigenvalue weighted by Crippen LogP contribution is 2.28. The summed E-state index contributed by atoms with van der Waals surface area (Å²) in [6.45, 7) is 3.92. The summed E-state index contributed by atoms with van der Waals surface area (Å²) in [5.74, 6) is 0. The highest BCUT2D eigenvalue weighted by Gasteiger charge is 2.34. The SMILES string of the molecule is C=CCC1([NH2+]c2ccccc2)CCCCC1. The van der Waals surface area contributed by atoms with Gasteiger partial charge in [-0.2, -0.15) is 0 Å². The van der Waals surface area contributed by atoms with E-state index in [1.165, 1.54) is 37.8 Å². The summed E-state index contributed by atoms with van der Waals surface area (Å²) in [5.41, 5.74) is 1.76. The highest BCUT2D eigenvalue weighted by molar-refractivity contribution is 5.27. The molecule has 1 nitrogen and oxygen atoms in total. The van der Waals surface area contributed by atoms with Crippen molar-refractivity contribution in [3.8, 4) is 0 Å². The summed E-state index contributed by atoms with van der Waals surface area (Å²) in [5, 5.41) is 2.48. The quantitative estimate of drug-likeness (QED) is 0.588. The molecule has 1 fully saturated rings. The van der Waals surface area contributed by atoms with Crippen molar-refractivity contribution in [3.05, 3.63) is 43.0 Å². The van der Waals surface area contributed by atoms with Gasteiger partial charge in [-0.25, -0.2) is 0 Å². The number of para-hydroxylation sites is 1. The van der Waals surface area contributed by atoms with Gasteiger partial charge < -0.3 is 5.32 Å². The Labute approximate surface area is 98.6 Å². The number of hydrogen-bond acceptors (Lipinski definition) is 0. The van der Waals surface area contributed by atoms with E-state index in [1.54, 1.807) is 0 Å². The van der Waals surface area contributed by atoms with Gasteiger partial charge in [0.05, 0.1) is 0 Å². The van der Waals surface area contributed by atoms with Gasteiger partial charge in [-0.1, -0.05) is 30.7 Å². The molecule has 0 bridgehead atoms. The molecule has 1 aromatic rings. The Hall–Kier alpha value is -1.08. The third-order valence-corrected chi connectivity index (χ3v) is 3.67. The number of benzene rings is 1. The van der Waals surface area contributed by atoms with Gasteiger partial charge in [-0.05, 0) is 25.0 Å². The molecule has 2 rings (SSSR count). The lowest BCUT2D eigenvalue weighted by Gasteiger charge is -2.34. The number of nitrogens with two attached hydrogens (primary N) is 1. The predicted molar refractivity (Wildman–Crippen MR) is 68.7 cm³/mol. The lowest BCUT2D eigenvalue weighted by Crippen LogP contribution is -2.92. The molecule has 1 aromatic carbocycles. The Bertz CT molecular complexity index is 323. The van der Waals surface area contributed by atoms with E-state index in [2.05, 4.69) is 48.3 Å². The molecular weight excluding hydrogens is 194 g/mol. The molecule has 1 heteroatoms. The molecule has 0 saturated heterocycles. The third-order valence-electron chi connectivity index (χ3n) is 3.67. The maximum atomic E-state index is 3.92. The van der Waals surface area contributed by atoms with Crippen molar-refractivity contribution in [3.63, 3.8) is 0 Å². The van der Waals surface area contributed by atoms with E-state index in [-0.39, 0.29) is 0 Å². The fourth-order valence-electron chi connectivity index (χ4n) is 2.85. The molecule has 1 aliphatic rings. The van der Waals surface area contributed by atoms with Gasteiger partial charge >= 0.3 is 0 Å². The molecule has 0 aromatic heterocycles. The predicted octanol–water partition coefficient (Wildman–Crippen LogP) is 3.16. The van der Waals surface area contributed by atoms with Crippen LogP contribution in [0, 0.1) is 0 Å². The molecule has 1 aliphatic carbocycles. The minimum absolute atomic E-state index is 0.390. The largest absolute Gasteiger partial charge is 0.309 e. The molecule has 0 radical (unpaired) electrons. The number of hydrogen-bond donors (Lipinski definition) is 1. The van der Waals surface area contributed by atoms with Crippen molar-refractivity contribution in [2.45, 2.75) is 44.1 Å².